The summed E-state index contributed by atoms with van der Waals surface area (Å²) in [5.74, 6) is -0.114. The van der Waals surface area contributed by atoms with Crippen molar-refractivity contribution >= 4 is 5.91 Å². The Labute approximate surface area is 130 Å². The Morgan fingerprint density at radius 2 is 1.86 bits per heavy atom. The molecule has 1 aromatic heterocycles. The number of rotatable bonds is 6. The van der Waals surface area contributed by atoms with E-state index in [2.05, 4.69) is 10.3 Å². The molecule has 1 heterocycles. The van der Waals surface area contributed by atoms with E-state index < -0.39 is 6.10 Å². The molecule has 1 amide bonds. The molecule has 3 rings (SSSR count). The van der Waals surface area contributed by atoms with Crippen molar-refractivity contribution in [3.05, 3.63) is 66.0 Å². The van der Waals surface area contributed by atoms with Crippen LogP contribution in [0.1, 0.15) is 36.5 Å². The van der Waals surface area contributed by atoms with Crippen molar-refractivity contribution in [1.29, 1.82) is 0 Å². The van der Waals surface area contributed by atoms with E-state index in [0.29, 0.717) is 6.54 Å². The van der Waals surface area contributed by atoms with Crippen molar-refractivity contribution in [2.24, 2.45) is 0 Å². The molecule has 114 valence electrons. The first kappa shape index (κ1) is 14.7. The number of nitrogens with one attached hydrogen (secondary N) is 1. The van der Waals surface area contributed by atoms with Gasteiger partial charge in [-0.25, -0.2) is 0 Å². The number of aromatic nitrogens is 1. The third-order valence-corrected chi connectivity index (χ3v) is 4.33. The number of benzene rings is 1. The van der Waals surface area contributed by atoms with Crippen molar-refractivity contribution in [2.45, 2.75) is 30.8 Å². The third-order valence-electron chi connectivity index (χ3n) is 4.33. The van der Waals surface area contributed by atoms with Gasteiger partial charge in [-0.1, -0.05) is 30.3 Å². The molecule has 0 bridgehead atoms. The minimum atomic E-state index is -0.753. The predicted molar refractivity (Wildman–Crippen MR) is 84.2 cm³/mol. The van der Waals surface area contributed by atoms with E-state index >= 15 is 0 Å². The summed E-state index contributed by atoms with van der Waals surface area (Å²) in [6.07, 6.45) is 5.08. The van der Waals surface area contributed by atoms with E-state index in [9.17, 15) is 9.90 Å². The van der Waals surface area contributed by atoms with E-state index in [1.807, 2.05) is 42.5 Å². The standard InChI is InChI=1S/C18H20N2O2/c21-16(14-4-2-1-3-5-14)12-17(22)20-13-18(8-9-18)15-6-10-19-11-7-15/h1-7,10-11,16,21H,8-9,12-13H2,(H,20,22). The maximum absolute atomic E-state index is 12.0. The zero-order chi connectivity index (χ0) is 15.4. The Bertz CT molecular complexity index is 624. The Kier molecular flexibility index (Phi) is 4.20. The van der Waals surface area contributed by atoms with Gasteiger partial charge in [0.15, 0.2) is 0 Å². The van der Waals surface area contributed by atoms with Gasteiger partial charge < -0.3 is 10.4 Å². The Morgan fingerprint density at radius 1 is 1.18 bits per heavy atom. The number of carbonyl (C=O) groups is 1. The lowest BCUT2D eigenvalue weighted by atomic mass is 9.97. The van der Waals surface area contributed by atoms with Gasteiger partial charge in [0.1, 0.15) is 0 Å². The predicted octanol–water partition coefficient (Wildman–Crippen LogP) is 2.35. The highest BCUT2D eigenvalue weighted by Crippen LogP contribution is 2.47. The summed E-state index contributed by atoms with van der Waals surface area (Å²) in [6.45, 7) is 0.622. The number of pyridine rings is 1. The van der Waals surface area contributed by atoms with Gasteiger partial charge in [-0.3, -0.25) is 9.78 Å². The summed E-state index contributed by atoms with van der Waals surface area (Å²) >= 11 is 0. The molecule has 4 nitrogen and oxygen atoms in total. The molecular weight excluding hydrogens is 276 g/mol. The topological polar surface area (TPSA) is 62.2 Å². The zero-order valence-electron chi connectivity index (χ0n) is 12.4. The fourth-order valence-corrected chi connectivity index (χ4v) is 2.73. The number of amides is 1. The molecule has 1 aliphatic carbocycles. The molecule has 4 heteroatoms. The summed E-state index contributed by atoms with van der Waals surface area (Å²) in [5.41, 5.74) is 2.07. The van der Waals surface area contributed by atoms with Crippen LogP contribution >= 0.6 is 0 Å². The molecule has 1 fully saturated rings. The van der Waals surface area contributed by atoms with Gasteiger partial charge in [0.25, 0.3) is 0 Å². The second-order valence-corrected chi connectivity index (χ2v) is 5.92. The maximum Gasteiger partial charge on any atom is 0.222 e. The van der Waals surface area contributed by atoms with E-state index in [1.165, 1.54) is 5.56 Å². The number of nitrogens with zero attached hydrogens (tertiary/aromatic N) is 1. The first-order chi connectivity index (χ1) is 10.7. The molecule has 2 aromatic rings. The molecule has 1 saturated carbocycles. The van der Waals surface area contributed by atoms with Crippen molar-refractivity contribution < 1.29 is 9.90 Å². The molecule has 0 saturated heterocycles. The second-order valence-electron chi connectivity index (χ2n) is 5.92. The fourth-order valence-electron chi connectivity index (χ4n) is 2.73. The van der Waals surface area contributed by atoms with Crippen LogP contribution in [0.25, 0.3) is 0 Å². The Hall–Kier alpha value is -2.20. The van der Waals surface area contributed by atoms with Crippen molar-refractivity contribution in [3.8, 4) is 0 Å². The average molecular weight is 296 g/mol. The van der Waals surface area contributed by atoms with E-state index in [4.69, 9.17) is 0 Å². The minimum absolute atomic E-state index is 0.0658. The van der Waals surface area contributed by atoms with Gasteiger partial charge >= 0.3 is 0 Å². The maximum atomic E-state index is 12.0. The summed E-state index contributed by atoms with van der Waals surface area (Å²) in [5, 5.41) is 13.0. The molecule has 1 aliphatic rings. The number of aliphatic hydroxyl groups is 1. The molecule has 1 atom stereocenters. The number of hydrogen-bond donors (Lipinski definition) is 2. The highest BCUT2D eigenvalue weighted by atomic mass is 16.3. The van der Waals surface area contributed by atoms with Gasteiger partial charge in [-0.2, -0.15) is 0 Å². The normalized spacial score (nSPS) is 16.8. The summed E-state index contributed by atoms with van der Waals surface area (Å²) in [7, 11) is 0. The van der Waals surface area contributed by atoms with Gasteiger partial charge in [-0.15, -0.1) is 0 Å². The van der Waals surface area contributed by atoms with Gasteiger partial charge in [-0.05, 0) is 36.1 Å². The summed E-state index contributed by atoms with van der Waals surface area (Å²) in [4.78, 5) is 16.1. The number of carbonyl (C=O) groups excluding carboxylic acids is 1. The second kappa shape index (κ2) is 6.28. The molecule has 0 aliphatic heterocycles. The summed E-state index contributed by atoms with van der Waals surface area (Å²) < 4.78 is 0. The Balaban J connectivity index is 1.53. The molecule has 0 radical (unpaired) electrons. The van der Waals surface area contributed by atoms with Crippen LogP contribution in [0, 0.1) is 0 Å². The van der Waals surface area contributed by atoms with Crippen LogP contribution in [0.4, 0.5) is 0 Å². The van der Waals surface area contributed by atoms with Gasteiger partial charge in [0.2, 0.25) is 5.91 Å². The lowest BCUT2D eigenvalue weighted by Gasteiger charge is -2.17. The highest BCUT2D eigenvalue weighted by molar-refractivity contribution is 5.76. The third kappa shape index (κ3) is 3.34. The van der Waals surface area contributed by atoms with Crippen LogP contribution in [0.2, 0.25) is 0 Å². The van der Waals surface area contributed by atoms with Crippen molar-refractivity contribution in [1.82, 2.24) is 10.3 Å². The first-order valence-electron chi connectivity index (χ1n) is 7.60. The van der Waals surface area contributed by atoms with Crippen LogP contribution in [-0.4, -0.2) is 22.5 Å². The molecule has 22 heavy (non-hydrogen) atoms. The van der Waals surface area contributed by atoms with E-state index in [0.717, 1.165) is 18.4 Å². The largest absolute Gasteiger partial charge is 0.388 e. The van der Waals surface area contributed by atoms with Crippen LogP contribution in [0.15, 0.2) is 54.9 Å². The van der Waals surface area contributed by atoms with Crippen LogP contribution in [0.3, 0.4) is 0 Å². The van der Waals surface area contributed by atoms with Gasteiger partial charge in [0, 0.05) is 24.4 Å². The lowest BCUT2D eigenvalue weighted by Crippen LogP contribution is -2.33. The number of hydrogen-bond acceptors (Lipinski definition) is 3. The molecule has 0 spiro atoms. The SMILES string of the molecule is O=C(CC(O)c1ccccc1)NCC1(c2ccncc2)CC1. The zero-order valence-corrected chi connectivity index (χ0v) is 12.4. The summed E-state index contributed by atoms with van der Waals surface area (Å²) in [6, 6.07) is 13.3. The smallest absolute Gasteiger partial charge is 0.222 e. The highest BCUT2D eigenvalue weighted by Gasteiger charge is 2.44. The van der Waals surface area contributed by atoms with E-state index in [-0.39, 0.29) is 17.7 Å². The average Bonchev–Trinajstić information content (AvgIpc) is 3.36. The van der Waals surface area contributed by atoms with Gasteiger partial charge in [0.05, 0.1) is 12.5 Å². The molecular formula is C18H20N2O2. The minimum Gasteiger partial charge on any atom is -0.388 e. The van der Waals surface area contributed by atoms with Crippen LogP contribution in [0.5, 0.6) is 0 Å². The molecule has 2 N–H and O–H groups in total. The van der Waals surface area contributed by atoms with Crippen molar-refractivity contribution in [2.75, 3.05) is 6.54 Å². The monoisotopic (exact) mass is 296 g/mol. The Morgan fingerprint density at radius 3 is 2.50 bits per heavy atom. The molecule has 1 aromatic carbocycles. The first-order valence-corrected chi connectivity index (χ1v) is 7.60. The van der Waals surface area contributed by atoms with Crippen molar-refractivity contribution in [3.63, 3.8) is 0 Å². The number of aliphatic hydroxyl groups excluding tert-OH is 1. The quantitative estimate of drug-likeness (QED) is 0.860. The van der Waals surface area contributed by atoms with Crippen LogP contribution < -0.4 is 5.32 Å². The van der Waals surface area contributed by atoms with E-state index in [1.54, 1.807) is 12.4 Å². The fraction of sp³-hybridized carbons (Fsp3) is 0.333. The lowest BCUT2D eigenvalue weighted by molar-refractivity contribution is -0.123. The van der Waals surface area contributed by atoms with Crippen LogP contribution in [-0.2, 0) is 10.2 Å². The molecule has 1 unspecified atom stereocenters.